The Kier molecular flexibility index (Phi) is 4.77. The van der Waals surface area contributed by atoms with Crippen LogP contribution in [0.3, 0.4) is 0 Å². The van der Waals surface area contributed by atoms with Crippen LogP contribution in [0.4, 0.5) is 5.82 Å². The lowest BCUT2D eigenvalue weighted by atomic mass is 10.1. The lowest BCUT2D eigenvalue weighted by molar-refractivity contribution is 0.0785. The Bertz CT molecular complexity index is 660. The summed E-state index contributed by atoms with van der Waals surface area (Å²) in [6.45, 7) is 2.25. The van der Waals surface area contributed by atoms with Crippen molar-refractivity contribution in [3.05, 3.63) is 58.2 Å². The zero-order valence-corrected chi connectivity index (χ0v) is 12.7. The van der Waals surface area contributed by atoms with Gasteiger partial charge < -0.3 is 10.3 Å². The zero-order valence-electron chi connectivity index (χ0n) is 11.9. The van der Waals surface area contributed by atoms with E-state index < -0.39 is 0 Å². The molecule has 2 aromatic rings. The van der Waals surface area contributed by atoms with Crippen LogP contribution in [-0.4, -0.2) is 22.8 Å². The molecule has 0 bridgehead atoms. The quantitative estimate of drug-likeness (QED) is 0.673. The van der Waals surface area contributed by atoms with Crippen LogP contribution < -0.4 is 11.3 Å². The second-order valence-electron chi connectivity index (χ2n) is 4.78. The van der Waals surface area contributed by atoms with Crippen LogP contribution in [0.2, 0.25) is 5.02 Å². The molecule has 0 aliphatic heterocycles. The minimum absolute atomic E-state index is 0.114. The number of nitrogens with one attached hydrogen (secondary N) is 1. The standard InChI is InChI=1S/C15H17ClN4O/c1-10-7-12(8-14(18-10)19-17)15(21)20(2)9-11-5-3-4-6-13(11)16/h3-8H,9,17H2,1-2H3,(H,18,19). The van der Waals surface area contributed by atoms with E-state index in [0.29, 0.717) is 22.9 Å². The second-order valence-corrected chi connectivity index (χ2v) is 5.19. The molecule has 0 radical (unpaired) electrons. The van der Waals surface area contributed by atoms with Crippen molar-refractivity contribution in [3.8, 4) is 0 Å². The van der Waals surface area contributed by atoms with Gasteiger partial charge in [0.05, 0.1) is 0 Å². The number of halogens is 1. The first kappa shape index (κ1) is 15.3. The number of aryl methyl sites for hydroxylation is 1. The Morgan fingerprint density at radius 1 is 1.38 bits per heavy atom. The molecule has 0 saturated heterocycles. The molecule has 21 heavy (non-hydrogen) atoms. The smallest absolute Gasteiger partial charge is 0.254 e. The third-order valence-electron chi connectivity index (χ3n) is 3.06. The fourth-order valence-corrected chi connectivity index (χ4v) is 2.24. The SMILES string of the molecule is Cc1cc(C(=O)N(C)Cc2ccccc2Cl)cc(NN)n1. The first-order valence-corrected chi connectivity index (χ1v) is 6.83. The van der Waals surface area contributed by atoms with Gasteiger partial charge in [0.1, 0.15) is 5.82 Å². The number of benzene rings is 1. The van der Waals surface area contributed by atoms with E-state index in [4.69, 9.17) is 17.4 Å². The molecule has 1 aromatic heterocycles. The van der Waals surface area contributed by atoms with Gasteiger partial charge in [0, 0.05) is 29.9 Å². The Balaban J connectivity index is 2.20. The van der Waals surface area contributed by atoms with Gasteiger partial charge in [-0.3, -0.25) is 4.79 Å². The van der Waals surface area contributed by atoms with E-state index in [1.807, 2.05) is 31.2 Å². The van der Waals surface area contributed by atoms with Gasteiger partial charge in [-0.15, -0.1) is 0 Å². The van der Waals surface area contributed by atoms with Crippen LogP contribution in [0, 0.1) is 6.92 Å². The lowest BCUT2D eigenvalue weighted by Crippen LogP contribution is -2.26. The summed E-state index contributed by atoms with van der Waals surface area (Å²) in [6, 6.07) is 10.8. The van der Waals surface area contributed by atoms with Gasteiger partial charge in [-0.1, -0.05) is 29.8 Å². The molecule has 0 saturated carbocycles. The number of anilines is 1. The third kappa shape index (κ3) is 3.71. The Hall–Kier alpha value is -2.11. The molecule has 0 atom stereocenters. The summed E-state index contributed by atoms with van der Waals surface area (Å²) >= 11 is 6.12. The number of hydrazine groups is 1. The van der Waals surface area contributed by atoms with Crippen molar-refractivity contribution in [1.29, 1.82) is 0 Å². The van der Waals surface area contributed by atoms with E-state index in [2.05, 4.69) is 10.4 Å². The summed E-state index contributed by atoms with van der Waals surface area (Å²) in [4.78, 5) is 18.2. The van der Waals surface area contributed by atoms with E-state index in [-0.39, 0.29) is 5.91 Å². The van der Waals surface area contributed by atoms with Crippen molar-refractivity contribution in [1.82, 2.24) is 9.88 Å². The molecule has 6 heteroatoms. The monoisotopic (exact) mass is 304 g/mol. The third-order valence-corrected chi connectivity index (χ3v) is 3.43. The van der Waals surface area contributed by atoms with E-state index in [0.717, 1.165) is 11.3 Å². The maximum atomic E-state index is 12.5. The van der Waals surface area contributed by atoms with Crippen molar-refractivity contribution >= 4 is 23.3 Å². The topological polar surface area (TPSA) is 71.2 Å². The molecule has 5 nitrogen and oxygen atoms in total. The average Bonchev–Trinajstić information content (AvgIpc) is 2.48. The van der Waals surface area contributed by atoms with E-state index in [1.165, 1.54) is 0 Å². The van der Waals surface area contributed by atoms with Gasteiger partial charge in [0.2, 0.25) is 0 Å². The first-order valence-electron chi connectivity index (χ1n) is 6.45. The molecule has 1 aromatic carbocycles. The molecule has 0 aliphatic carbocycles. The van der Waals surface area contributed by atoms with Gasteiger partial charge in [-0.05, 0) is 30.7 Å². The van der Waals surface area contributed by atoms with Crippen LogP contribution in [0.5, 0.6) is 0 Å². The van der Waals surface area contributed by atoms with Gasteiger partial charge in [-0.25, -0.2) is 10.8 Å². The molecule has 0 unspecified atom stereocenters. The maximum absolute atomic E-state index is 12.5. The van der Waals surface area contributed by atoms with Crippen molar-refractivity contribution in [3.63, 3.8) is 0 Å². The largest absolute Gasteiger partial charge is 0.337 e. The normalized spacial score (nSPS) is 10.3. The highest BCUT2D eigenvalue weighted by Crippen LogP contribution is 2.18. The summed E-state index contributed by atoms with van der Waals surface area (Å²) in [5.41, 5.74) is 4.61. The number of pyridine rings is 1. The van der Waals surface area contributed by atoms with Crippen LogP contribution >= 0.6 is 11.6 Å². The van der Waals surface area contributed by atoms with Gasteiger partial charge in [0.15, 0.2) is 0 Å². The van der Waals surface area contributed by atoms with Crippen molar-refractivity contribution in [2.45, 2.75) is 13.5 Å². The highest BCUT2D eigenvalue weighted by atomic mass is 35.5. The lowest BCUT2D eigenvalue weighted by Gasteiger charge is -2.18. The molecule has 3 N–H and O–H groups in total. The Morgan fingerprint density at radius 2 is 2.10 bits per heavy atom. The van der Waals surface area contributed by atoms with Crippen molar-refractivity contribution in [2.75, 3.05) is 12.5 Å². The highest BCUT2D eigenvalue weighted by molar-refractivity contribution is 6.31. The summed E-state index contributed by atoms with van der Waals surface area (Å²) in [7, 11) is 1.73. The zero-order chi connectivity index (χ0) is 15.4. The van der Waals surface area contributed by atoms with Gasteiger partial charge in [0.25, 0.3) is 5.91 Å². The van der Waals surface area contributed by atoms with Crippen LogP contribution in [0.1, 0.15) is 21.6 Å². The van der Waals surface area contributed by atoms with Gasteiger partial charge >= 0.3 is 0 Å². The molecule has 0 spiro atoms. The predicted molar refractivity (Wildman–Crippen MR) is 84.0 cm³/mol. The van der Waals surface area contributed by atoms with E-state index in [9.17, 15) is 4.79 Å². The molecular weight excluding hydrogens is 288 g/mol. The number of amides is 1. The van der Waals surface area contributed by atoms with Crippen molar-refractivity contribution in [2.24, 2.45) is 5.84 Å². The number of hydrogen-bond acceptors (Lipinski definition) is 4. The highest BCUT2D eigenvalue weighted by Gasteiger charge is 2.14. The minimum atomic E-state index is -0.114. The second kappa shape index (κ2) is 6.56. The maximum Gasteiger partial charge on any atom is 0.254 e. The number of nitrogens with zero attached hydrogens (tertiary/aromatic N) is 2. The molecule has 110 valence electrons. The van der Waals surface area contributed by atoms with Crippen LogP contribution in [0.25, 0.3) is 0 Å². The summed E-state index contributed by atoms with van der Waals surface area (Å²) in [5.74, 6) is 5.70. The Morgan fingerprint density at radius 3 is 2.76 bits per heavy atom. The Labute approximate surface area is 128 Å². The molecule has 1 amide bonds. The fraction of sp³-hybridized carbons (Fsp3) is 0.200. The fourth-order valence-electron chi connectivity index (χ4n) is 2.04. The summed E-state index contributed by atoms with van der Waals surface area (Å²) in [5, 5.41) is 0.646. The van der Waals surface area contributed by atoms with Crippen LogP contribution in [0.15, 0.2) is 36.4 Å². The average molecular weight is 305 g/mol. The molecule has 0 aliphatic rings. The number of carbonyl (C=O) groups excluding carboxylic acids is 1. The number of nitrogens with two attached hydrogens (primary N) is 1. The molecule has 0 fully saturated rings. The summed E-state index contributed by atoms with van der Waals surface area (Å²) < 4.78 is 0. The number of aromatic nitrogens is 1. The van der Waals surface area contributed by atoms with Crippen molar-refractivity contribution < 1.29 is 4.79 Å². The predicted octanol–water partition coefficient (Wildman–Crippen LogP) is 2.60. The van der Waals surface area contributed by atoms with E-state index >= 15 is 0 Å². The first-order chi connectivity index (χ1) is 10.0. The molecule has 2 rings (SSSR count). The number of nitrogen functional groups attached to an aromatic ring is 1. The number of rotatable bonds is 4. The van der Waals surface area contributed by atoms with E-state index in [1.54, 1.807) is 24.1 Å². The number of hydrogen-bond donors (Lipinski definition) is 2. The van der Waals surface area contributed by atoms with Gasteiger partial charge in [-0.2, -0.15) is 0 Å². The minimum Gasteiger partial charge on any atom is -0.337 e. The summed E-state index contributed by atoms with van der Waals surface area (Å²) in [6.07, 6.45) is 0. The molecular formula is C15H17ClN4O. The number of carbonyl (C=O) groups is 1. The molecule has 1 heterocycles. The van der Waals surface area contributed by atoms with Crippen LogP contribution in [-0.2, 0) is 6.54 Å².